The lowest BCUT2D eigenvalue weighted by atomic mass is 10.1. The van der Waals surface area contributed by atoms with E-state index < -0.39 is 26.6 Å². The molecule has 1 N–H and O–H groups in total. The molecule has 0 radical (unpaired) electrons. The number of benzene rings is 2. The first-order valence-corrected chi connectivity index (χ1v) is 9.13. The van der Waals surface area contributed by atoms with Crippen LogP contribution in [0.5, 0.6) is 0 Å². The zero-order chi connectivity index (χ0) is 19.3. The van der Waals surface area contributed by atoms with Crippen molar-refractivity contribution in [2.24, 2.45) is 0 Å². The van der Waals surface area contributed by atoms with E-state index in [0.717, 1.165) is 12.1 Å². The number of halogens is 2. The van der Waals surface area contributed by atoms with E-state index in [1.807, 2.05) is 0 Å². The minimum absolute atomic E-state index is 0.0231. The number of carbonyl (C=O) groups is 1. The third-order valence-electron chi connectivity index (χ3n) is 3.57. The zero-order valence-corrected chi connectivity index (χ0v) is 14.9. The average molecular weight is 380 g/mol. The van der Waals surface area contributed by atoms with Gasteiger partial charge in [-0.25, -0.2) is 21.9 Å². The van der Waals surface area contributed by atoms with Crippen LogP contribution in [0.1, 0.15) is 15.9 Å². The second-order valence-corrected chi connectivity index (χ2v) is 7.31. The van der Waals surface area contributed by atoms with E-state index in [2.05, 4.69) is 11.3 Å². The van der Waals surface area contributed by atoms with E-state index in [4.69, 9.17) is 0 Å². The highest BCUT2D eigenvalue weighted by Crippen LogP contribution is 2.18. The maximum atomic E-state index is 13.9. The van der Waals surface area contributed by atoms with E-state index in [0.29, 0.717) is 5.56 Å². The number of amides is 1. The molecule has 0 saturated heterocycles. The van der Waals surface area contributed by atoms with Crippen molar-refractivity contribution < 1.29 is 22.0 Å². The second kappa shape index (κ2) is 8.20. The van der Waals surface area contributed by atoms with Crippen LogP contribution in [0.4, 0.5) is 8.78 Å². The highest BCUT2D eigenvalue weighted by atomic mass is 32.2. The fourth-order valence-electron chi connectivity index (χ4n) is 2.24. The fourth-order valence-corrected chi connectivity index (χ4v) is 3.34. The monoisotopic (exact) mass is 380 g/mol. The largest absolute Gasteiger partial charge is 0.337 e. The van der Waals surface area contributed by atoms with Crippen LogP contribution in [0.3, 0.4) is 0 Å². The minimum Gasteiger partial charge on any atom is -0.337 e. The summed E-state index contributed by atoms with van der Waals surface area (Å²) in [5.41, 5.74) is 0.722. The van der Waals surface area contributed by atoms with Gasteiger partial charge < -0.3 is 4.90 Å². The highest BCUT2D eigenvalue weighted by Gasteiger charge is 2.21. The first-order chi connectivity index (χ1) is 12.2. The van der Waals surface area contributed by atoms with E-state index in [9.17, 15) is 22.0 Å². The Hall–Kier alpha value is -2.58. The van der Waals surface area contributed by atoms with Crippen LogP contribution in [0.2, 0.25) is 0 Å². The summed E-state index contributed by atoms with van der Waals surface area (Å²) in [7, 11) is -2.59. The molecule has 2 aromatic carbocycles. The van der Waals surface area contributed by atoms with Crippen molar-refractivity contribution >= 4 is 15.9 Å². The summed E-state index contributed by atoms with van der Waals surface area (Å²) < 4.78 is 53.3. The Bertz CT molecular complexity index is 913. The predicted octanol–water partition coefficient (Wildman–Crippen LogP) is 2.70. The molecular formula is C18H18F2N2O3S. The van der Waals surface area contributed by atoms with Gasteiger partial charge in [-0.2, -0.15) is 0 Å². The Morgan fingerprint density at radius 3 is 2.46 bits per heavy atom. The van der Waals surface area contributed by atoms with Gasteiger partial charge in [0.1, 0.15) is 16.5 Å². The molecule has 0 bridgehead atoms. The van der Waals surface area contributed by atoms with Crippen LogP contribution in [0.25, 0.3) is 0 Å². The number of nitrogens with zero attached hydrogens (tertiary/aromatic N) is 1. The normalized spacial score (nSPS) is 11.2. The summed E-state index contributed by atoms with van der Waals surface area (Å²) >= 11 is 0. The molecule has 2 aromatic rings. The maximum absolute atomic E-state index is 13.9. The van der Waals surface area contributed by atoms with Crippen molar-refractivity contribution in [2.75, 3.05) is 13.6 Å². The van der Waals surface area contributed by atoms with Crippen LogP contribution in [-0.2, 0) is 16.6 Å². The predicted molar refractivity (Wildman–Crippen MR) is 94.0 cm³/mol. The number of carbonyl (C=O) groups excluding carboxylic acids is 1. The van der Waals surface area contributed by atoms with Gasteiger partial charge in [0.2, 0.25) is 10.0 Å². The molecule has 0 aliphatic carbocycles. The molecule has 0 aromatic heterocycles. The summed E-state index contributed by atoms with van der Waals surface area (Å²) in [6, 6.07) is 8.78. The standard InChI is InChI=1S/C18H18F2N2O3S/c1-3-10-21-26(24,25)17-11-14(6-9-16(17)20)18(23)22(2)12-13-4-7-15(19)8-5-13/h3-9,11,21H,1,10,12H2,2H3. The first-order valence-electron chi connectivity index (χ1n) is 7.64. The number of sulfonamides is 1. The molecule has 2 rings (SSSR count). The lowest BCUT2D eigenvalue weighted by Gasteiger charge is -2.18. The zero-order valence-electron chi connectivity index (χ0n) is 14.1. The van der Waals surface area contributed by atoms with Crippen molar-refractivity contribution in [2.45, 2.75) is 11.4 Å². The third-order valence-corrected chi connectivity index (χ3v) is 5.00. The minimum atomic E-state index is -4.11. The molecule has 0 fully saturated rings. The molecule has 0 atom stereocenters. The highest BCUT2D eigenvalue weighted by molar-refractivity contribution is 7.89. The molecule has 0 unspecified atom stereocenters. The van der Waals surface area contributed by atoms with Gasteiger partial charge in [-0.15, -0.1) is 6.58 Å². The quantitative estimate of drug-likeness (QED) is 0.751. The Kier molecular flexibility index (Phi) is 6.23. The van der Waals surface area contributed by atoms with Crippen LogP contribution in [0, 0.1) is 11.6 Å². The number of hydrogen-bond donors (Lipinski definition) is 1. The average Bonchev–Trinajstić information content (AvgIpc) is 2.61. The summed E-state index contributed by atoms with van der Waals surface area (Å²) in [6.45, 7) is 3.51. The Balaban J connectivity index is 2.24. The molecule has 8 heteroatoms. The van der Waals surface area contributed by atoms with Crippen LogP contribution in [-0.4, -0.2) is 32.8 Å². The van der Waals surface area contributed by atoms with Gasteiger partial charge in [-0.3, -0.25) is 4.79 Å². The van der Waals surface area contributed by atoms with Gasteiger partial charge >= 0.3 is 0 Å². The number of hydrogen-bond acceptors (Lipinski definition) is 3. The molecule has 1 amide bonds. The van der Waals surface area contributed by atoms with Crippen molar-refractivity contribution in [3.05, 3.63) is 77.9 Å². The maximum Gasteiger partial charge on any atom is 0.253 e. The lowest BCUT2D eigenvalue weighted by Crippen LogP contribution is -2.28. The molecule has 26 heavy (non-hydrogen) atoms. The second-order valence-electron chi connectivity index (χ2n) is 5.57. The van der Waals surface area contributed by atoms with E-state index >= 15 is 0 Å². The first kappa shape index (κ1) is 19.7. The van der Waals surface area contributed by atoms with Gasteiger partial charge in [-0.05, 0) is 35.9 Å². The fraction of sp³-hybridized carbons (Fsp3) is 0.167. The lowest BCUT2D eigenvalue weighted by molar-refractivity contribution is 0.0784. The smallest absolute Gasteiger partial charge is 0.253 e. The summed E-state index contributed by atoms with van der Waals surface area (Å²) in [6.07, 6.45) is 1.32. The molecule has 0 spiro atoms. The molecule has 0 aliphatic rings. The summed E-state index contributed by atoms with van der Waals surface area (Å²) in [5.74, 6) is -1.84. The number of nitrogens with one attached hydrogen (secondary N) is 1. The molecule has 5 nitrogen and oxygen atoms in total. The van der Waals surface area contributed by atoms with Gasteiger partial charge in [-0.1, -0.05) is 18.2 Å². The Morgan fingerprint density at radius 2 is 1.85 bits per heavy atom. The molecule has 0 heterocycles. The third kappa shape index (κ3) is 4.74. The SMILES string of the molecule is C=CCNS(=O)(=O)c1cc(C(=O)N(C)Cc2ccc(F)cc2)ccc1F. The van der Waals surface area contributed by atoms with Gasteiger partial charge in [0, 0.05) is 25.7 Å². The molecule has 138 valence electrons. The Morgan fingerprint density at radius 1 is 1.19 bits per heavy atom. The van der Waals surface area contributed by atoms with E-state index in [1.54, 1.807) is 12.1 Å². The molecule has 0 aliphatic heterocycles. The topological polar surface area (TPSA) is 66.5 Å². The van der Waals surface area contributed by atoms with Crippen LogP contribution in [0.15, 0.2) is 60.0 Å². The van der Waals surface area contributed by atoms with Crippen molar-refractivity contribution in [1.82, 2.24) is 9.62 Å². The molecule has 0 saturated carbocycles. The van der Waals surface area contributed by atoms with Crippen LogP contribution >= 0.6 is 0 Å². The molecular weight excluding hydrogens is 362 g/mol. The van der Waals surface area contributed by atoms with Gasteiger partial charge in [0.05, 0.1) is 0 Å². The van der Waals surface area contributed by atoms with E-state index in [1.165, 1.54) is 36.2 Å². The van der Waals surface area contributed by atoms with Crippen molar-refractivity contribution in [3.63, 3.8) is 0 Å². The van der Waals surface area contributed by atoms with Gasteiger partial charge in [0.15, 0.2) is 0 Å². The van der Waals surface area contributed by atoms with Gasteiger partial charge in [0.25, 0.3) is 5.91 Å². The summed E-state index contributed by atoms with van der Waals surface area (Å²) in [4.78, 5) is 13.2. The van der Waals surface area contributed by atoms with Crippen molar-refractivity contribution in [1.29, 1.82) is 0 Å². The number of rotatable bonds is 7. The van der Waals surface area contributed by atoms with Crippen molar-refractivity contribution in [3.8, 4) is 0 Å². The van der Waals surface area contributed by atoms with E-state index in [-0.39, 0.29) is 24.5 Å². The Labute approximate surface area is 151 Å². The summed E-state index contributed by atoms with van der Waals surface area (Å²) in [5, 5.41) is 0. The van der Waals surface area contributed by atoms with Crippen LogP contribution < -0.4 is 4.72 Å².